The van der Waals surface area contributed by atoms with Crippen molar-refractivity contribution >= 4 is 11.7 Å². The van der Waals surface area contributed by atoms with Gasteiger partial charge in [0.25, 0.3) is 0 Å². The fraction of sp³-hybridized carbons (Fsp3) is 0.533. The van der Waals surface area contributed by atoms with E-state index in [1.165, 1.54) is 25.7 Å². The molecule has 4 heteroatoms. The molecular formula is C15H24N2O2. The number of hydrogen-bond acceptors (Lipinski definition) is 2. The van der Waals surface area contributed by atoms with Crippen LogP contribution in [-0.2, 0) is 0 Å². The SMILES string of the molecule is CCCCCCCNC(=O)Nc1ccc(OC)cc1. The molecule has 0 atom stereocenters. The van der Waals surface area contributed by atoms with Crippen LogP contribution >= 0.6 is 0 Å². The number of amides is 2. The number of nitrogens with one attached hydrogen (secondary N) is 2. The van der Waals surface area contributed by atoms with Crippen LogP contribution < -0.4 is 15.4 Å². The van der Waals surface area contributed by atoms with Gasteiger partial charge in [-0.25, -0.2) is 4.79 Å². The monoisotopic (exact) mass is 264 g/mol. The van der Waals surface area contributed by atoms with Gasteiger partial charge in [-0.3, -0.25) is 0 Å². The second-order valence-corrected chi connectivity index (χ2v) is 4.52. The smallest absolute Gasteiger partial charge is 0.319 e. The quantitative estimate of drug-likeness (QED) is 0.702. The van der Waals surface area contributed by atoms with Crippen LogP contribution in [0.2, 0.25) is 0 Å². The van der Waals surface area contributed by atoms with Gasteiger partial charge in [0.1, 0.15) is 5.75 Å². The average molecular weight is 264 g/mol. The highest BCUT2D eigenvalue weighted by atomic mass is 16.5. The van der Waals surface area contributed by atoms with Crippen molar-refractivity contribution in [1.82, 2.24) is 5.32 Å². The number of rotatable bonds is 8. The van der Waals surface area contributed by atoms with Gasteiger partial charge in [-0.2, -0.15) is 0 Å². The number of urea groups is 1. The molecule has 1 aromatic carbocycles. The number of anilines is 1. The third-order valence-electron chi connectivity index (χ3n) is 2.91. The molecule has 0 aliphatic heterocycles. The molecule has 106 valence electrons. The van der Waals surface area contributed by atoms with E-state index in [9.17, 15) is 4.79 Å². The first-order chi connectivity index (χ1) is 9.26. The maximum atomic E-state index is 11.6. The lowest BCUT2D eigenvalue weighted by Crippen LogP contribution is -2.29. The third kappa shape index (κ3) is 6.70. The minimum absolute atomic E-state index is 0.152. The molecule has 0 bridgehead atoms. The van der Waals surface area contributed by atoms with E-state index in [0.29, 0.717) is 0 Å². The summed E-state index contributed by atoms with van der Waals surface area (Å²) >= 11 is 0. The summed E-state index contributed by atoms with van der Waals surface area (Å²) < 4.78 is 5.06. The van der Waals surface area contributed by atoms with Crippen LogP contribution in [0.15, 0.2) is 24.3 Å². The number of hydrogen-bond donors (Lipinski definition) is 2. The van der Waals surface area contributed by atoms with Gasteiger partial charge in [0.15, 0.2) is 0 Å². The van der Waals surface area contributed by atoms with Crippen molar-refractivity contribution in [1.29, 1.82) is 0 Å². The van der Waals surface area contributed by atoms with Gasteiger partial charge < -0.3 is 15.4 Å². The Hall–Kier alpha value is -1.71. The van der Waals surface area contributed by atoms with E-state index in [1.807, 2.05) is 24.3 Å². The Labute approximate surface area is 115 Å². The fourth-order valence-electron chi connectivity index (χ4n) is 1.78. The number of carbonyl (C=O) groups excluding carboxylic acids is 1. The molecule has 0 saturated carbocycles. The number of carbonyl (C=O) groups is 1. The fourth-order valence-corrected chi connectivity index (χ4v) is 1.78. The highest BCUT2D eigenvalue weighted by Gasteiger charge is 2.00. The molecule has 0 unspecified atom stereocenters. The van der Waals surface area contributed by atoms with Crippen LogP contribution in [0, 0.1) is 0 Å². The normalized spacial score (nSPS) is 10.0. The predicted octanol–water partition coefficient (Wildman–Crippen LogP) is 3.79. The predicted molar refractivity (Wildman–Crippen MR) is 78.8 cm³/mol. The molecule has 0 aromatic heterocycles. The maximum Gasteiger partial charge on any atom is 0.319 e. The van der Waals surface area contributed by atoms with Gasteiger partial charge in [-0.1, -0.05) is 32.6 Å². The minimum atomic E-state index is -0.152. The van der Waals surface area contributed by atoms with Crippen LogP contribution in [-0.4, -0.2) is 19.7 Å². The molecule has 19 heavy (non-hydrogen) atoms. The Morgan fingerprint density at radius 2 is 1.79 bits per heavy atom. The molecule has 0 aliphatic rings. The summed E-state index contributed by atoms with van der Waals surface area (Å²) in [6.07, 6.45) is 5.98. The molecule has 2 amide bonds. The highest BCUT2D eigenvalue weighted by molar-refractivity contribution is 5.89. The molecule has 0 heterocycles. The topological polar surface area (TPSA) is 50.4 Å². The van der Waals surface area contributed by atoms with Crippen molar-refractivity contribution in [3.63, 3.8) is 0 Å². The molecule has 0 saturated heterocycles. The first kappa shape index (κ1) is 15.3. The van der Waals surface area contributed by atoms with Gasteiger partial charge in [0.2, 0.25) is 0 Å². The number of benzene rings is 1. The van der Waals surface area contributed by atoms with Crippen molar-refractivity contribution < 1.29 is 9.53 Å². The molecule has 0 spiro atoms. The lowest BCUT2D eigenvalue weighted by molar-refractivity contribution is 0.252. The Balaban J connectivity index is 2.16. The van der Waals surface area contributed by atoms with Crippen LogP contribution in [0.4, 0.5) is 10.5 Å². The van der Waals surface area contributed by atoms with Crippen molar-refractivity contribution in [2.45, 2.75) is 39.0 Å². The molecule has 0 fully saturated rings. The van der Waals surface area contributed by atoms with E-state index in [2.05, 4.69) is 17.6 Å². The van der Waals surface area contributed by atoms with E-state index in [0.717, 1.165) is 24.4 Å². The first-order valence-corrected chi connectivity index (χ1v) is 6.95. The Morgan fingerprint density at radius 1 is 1.11 bits per heavy atom. The Bertz CT molecular complexity index is 363. The summed E-state index contributed by atoms with van der Waals surface area (Å²) in [5.74, 6) is 0.780. The summed E-state index contributed by atoms with van der Waals surface area (Å²) in [6.45, 7) is 2.92. The Kier molecular flexibility index (Phi) is 7.47. The highest BCUT2D eigenvalue weighted by Crippen LogP contribution is 2.14. The summed E-state index contributed by atoms with van der Waals surface area (Å²) in [5.41, 5.74) is 0.768. The zero-order valence-electron chi connectivity index (χ0n) is 11.9. The molecule has 0 aliphatic carbocycles. The van der Waals surface area contributed by atoms with Crippen LogP contribution in [0.3, 0.4) is 0 Å². The number of ether oxygens (including phenoxy) is 1. The van der Waals surface area contributed by atoms with E-state index < -0.39 is 0 Å². The van der Waals surface area contributed by atoms with E-state index in [-0.39, 0.29) is 6.03 Å². The van der Waals surface area contributed by atoms with E-state index in [1.54, 1.807) is 7.11 Å². The van der Waals surface area contributed by atoms with Crippen molar-refractivity contribution in [2.24, 2.45) is 0 Å². The third-order valence-corrected chi connectivity index (χ3v) is 2.91. The summed E-state index contributed by atoms with van der Waals surface area (Å²) in [6, 6.07) is 7.13. The van der Waals surface area contributed by atoms with Crippen LogP contribution in [0.5, 0.6) is 5.75 Å². The summed E-state index contributed by atoms with van der Waals surface area (Å²) in [4.78, 5) is 11.6. The molecule has 2 N–H and O–H groups in total. The number of unbranched alkanes of at least 4 members (excludes halogenated alkanes) is 4. The van der Waals surface area contributed by atoms with Gasteiger partial charge in [-0.15, -0.1) is 0 Å². The van der Waals surface area contributed by atoms with Gasteiger partial charge in [-0.05, 0) is 30.7 Å². The summed E-state index contributed by atoms with van der Waals surface area (Å²) in [7, 11) is 1.62. The molecule has 4 nitrogen and oxygen atoms in total. The number of methoxy groups -OCH3 is 1. The lowest BCUT2D eigenvalue weighted by Gasteiger charge is -2.08. The lowest BCUT2D eigenvalue weighted by atomic mass is 10.1. The van der Waals surface area contributed by atoms with E-state index >= 15 is 0 Å². The standard InChI is InChI=1S/C15H24N2O2/c1-3-4-5-6-7-12-16-15(18)17-13-8-10-14(19-2)11-9-13/h8-11H,3-7,12H2,1-2H3,(H2,16,17,18). The zero-order chi connectivity index (χ0) is 13.9. The Morgan fingerprint density at radius 3 is 2.42 bits per heavy atom. The average Bonchev–Trinajstić information content (AvgIpc) is 2.43. The zero-order valence-corrected chi connectivity index (χ0v) is 11.9. The van der Waals surface area contributed by atoms with Crippen molar-refractivity contribution in [3.05, 3.63) is 24.3 Å². The minimum Gasteiger partial charge on any atom is -0.497 e. The van der Waals surface area contributed by atoms with Gasteiger partial charge in [0, 0.05) is 12.2 Å². The van der Waals surface area contributed by atoms with Gasteiger partial charge in [0.05, 0.1) is 7.11 Å². The van der Waals surface area contributed by atoms with Crippen LogP contribution in [0.25, 0.3) is 0 Å². The first-order valence-electron chi connectivity index (χ1n) is 6.95. The largest absolute Gasteiger partial charge is 0.497 e. The van der Waals surface area contributed by atoms with Crippen LogP contribution in [0.1, 0.15) is 39.0 Å². The second kappa shape index (κ2) is 9.25. The maximum absolute atomic E-state index is 11.6. The molecular weight excluding hydrogens is 240 g/mol. The van der Waals surface area contributed by atoms with E-state index in [4.69, 9.17) is 4.74 Å². The van der Waals surface area contributed by atoms with Gasteiger partial charge >= 0.3 is 6.03 Å². The molecule has 1 aromatic rings. The molecule has 0 radical (unpaired) electrons. The van der Waals surface area contributed by atoms with Crippen molar-refractivity contribution in [2.75, 3.05) is 19.0 Å². The molecule has 1 rings (SSSR count). The second-order valence-electron chi connectivity index (χ2n) is 4.52. The van der Waals surface area contributed by atoms with Crippen molar-refractivity contribution in [3.8, 4) is 5.75 Å². The summed E-state index contributed by atoms with van der Waals surface area (Å²) in [5, 5.41) is 5.65.